The van der Waals surface area contributed by atoms with Crippen LogP contribution in [-0.4, -0.2) is 37.2 Å². The molecule has 1 radical (unpaired) electrons. The summed E-state index contributed by atoms with van der Waals surface area (Å²) in [5.74, 6) is -0.560. The highest BCUT2D eigenvalue weighted by atomic mass is 16.5. The first-order chi connectivity index (χ1) is 8.66. The van der Waals surface area contributed by atoms with Crippen LogP contribution in [0.15, 0.2) is 16.5 Å². The second-order valence-corrected chi connectivity index (χ2v) is 4.23. The van der Waals surface area contributed by atoms with E-state index in [-0.39, 0.29) is 11.6 Å². The van der Waals surface area contributed by atoms with E-state index in [2.05, 4.69) is 11.1 Å². The third-order valence-electron chi connectivity index (χ3n) is 3.06. The number of nitrogens with two attached hydrogens (primary N) is 1. The third kappa shape index (κ3) is 1.62. The number of nitrogens with zero attached hydrogens (tertiary/aromatic N) is 2. The quantitative estimate of drug-likeness (QED) is 0.855. The Morgan fingerprint density at radius 3 is 3.00 bits per heavy atom. The van der Waals surface area contributed by atoms with Crippen LogP contribution in [0.3, 0.4) is 0 Å². The Labute approximate surface area is 103 Å². The van der Waals surface area contributed by atoms with Gasteiger partial charge in [0.05, 0.1) is 24.8 Å². The average Bonchev–Trinajstić information content (AvgIpc) is 2.69. The number of anilines is 1. The summed E-state index contributed by atoms with van der Waals surface area (Å²) in [5, 5.41) is 0. The van der Waals surface area contributed by atoms with Crippen molar-refractivity contribution in [1.82, 2.24) is 4.98 Å². The summed E-state index contributed by atoms with van der Waals surface area (Å²) in [5.41, 5.74) is 6.51. The van der Waals surface area contributed by atoms with E-state index < -0.39 is 5.91 Å². The number of oxazole rings is 1. The van der Waals surface area contributed by atoms with E-state index in [9.17, 15) is 4.79 Å². The molecule has 0 bridgehead atoms. The number of amides is 1. The van der Waals surface area contributed by atoms with E-state index in [1.165, 1.54) is 0 Å². The molecule has 0 aliphatic carbocycles. The zero-order chi connectivity index (χ0) is 12.7. The molecule has 1 aliphatic rings. The fourth-order valence-electron chi connectivity index (χ4n) is 1.82. The molecular weight excluding hydrogens is 234 g/mol. The summed E-state index contributed by atoms with van der Waals surface area (Å²) >= 11 is 0. The Bertz CT molecular complexity index is 604. The van der Waals surface area contributed by atoms with Crippen molar-refractivity contribution >= 4 is 23.0 Å². The van der Waals surface area contributed by atoms with Crippen LogP contribution in [-0.2, 0) is 4.74 Å². The Hall–Kier alpha value is -2.08. The molecule has 0 saturated carbocycles. The number of ether oxygens (including phenoxy) is 1. The molecule has 6 heteroatoms. The molecule has 1 aromatic carbocycles. The predicted molar refractivity (Wildman–Crippen MR) is 64.4 cm³/mol. The molecule has 2 heterocycles. The van der Waals surface area contributed by atoms with Crippen molar-refractivity contribution in [2.45, 2.75) is 6.04 Å². The first kappa shape index (κ1) is 11.0. The molecule has 3 rings (SSSR count). The van der Waals surface area contributed by atoms with Crippen LogP contribution in [0.5, 0.6) is 0 Å². The van der Waals surface area contributed by atoms with Gasteiger partial charge < -0.3 is 19.8 Å². The minimum Gasteiger partial charge on any atom is -0.423 e. The second-order valence-electron chi connectivity index (χ2n) is 4.23. The fraction of sp³-hybridized carbons (Fsp3) is 0.333. The van der Waals surface area contributed by atoms with Crippen molar-refractivity contribution in [3.8, 4) is 0 Å². The maximum Gasteiger partial charge on any atom is 0.298 e. The molecule has 1 fully saturated rings. The van der Waals surface area contributed by atoms with Gasteiger partial charge in [-0.2, -0.15) is 4.98 Å². The van der Waals surface area contributed by atoms with Crippen LogP contribution in [0.25, 0.3) is 11.1 Å². The van der Waals surface area contributed by atoms with Crippen molar-refractivity contribution in [2.24, 2.45) is 5.73 Å². The lowest BCUT2D eigenvalue weighted by molar-refractivity contribution is 0.00864. The topological polar surface area (TPSA) is 81.6 Å². The molecule has 93 valence electrons. The monoisotopic (exact) mass is 246 g/mol. The predicted octanol–water partition coefficient (Wildman–Crippen LogP) is 0.562. The van der Waals surface area contributed by atoms with Crippen LogP contribution in [0.1, 0.15) is 10.4 Å². The van der Waals surface area contributed by atoms with Gasteiger partial charge in [-0.3, -0.25) is 4.79 Å². The third-order valence-corrected chi connectivity index (χ3v) is 3.06. The summed E-state index contributed by atoms with van der Waals surface area (Å²) in [7, 11) is 1.88. The van der Waals surface area contributed by atoms with Crippen molar-refractivity contribution in [2.75, 3.05) is 25.2 Å². The Morgan fingerprint density at radius 1 is 1.61 bits per heavy atom. The number of carbonyl (C=O) groups is 1. The van der Waals surface area contributed by atoms with Crippen molar-refractivity contribution in [3.05, 3.63) is 23.8 Å². The van der Waals surface area contributed by atoms with E-state index in [0.29, 0.717) is 30.3 Å². The summed E-state index contributed by atoms with van der Waals surface area (Å²) in [6.07, 6.45) is 0. The van der Waals surface area contributed by atoms with Crippen LogP contribution in [0.4, 0.5) is 6.01 Å². The first-order valence-corrected chi connectivity index (χ1v) is 5.58. The molecule has 1 aliphatic heterocycles. The van der Waals surface area contributed by atoms with Gasteiger partial charge in [0.15, 0.2) is 5.58 Å². The molecule has 1 saturated heterocycles. The zero-order valence-electron chi connectivity index (χ0n) is 9.84. The minimum atomic E-state index is -0.560. The van der Waals surface area contributed by atoms with E-state index in [4.69, 9.17) is 14.9 Å². The van der Waals surface area contributed by atoms with Crippen molar-refractivity contribution in [1.29, 1.82) is 0 Å². The van der Waals surface area contributed by atoms with Crippen LogP contribution >= 0.6 is 0 Å². The lowest BCUT2D eigenvalue weighted by atomic mass is 10.2. The Morgan fingerprint density at radius 2 is 2.39 bits per heavy atom. The number of benzene rings is 1. The van der Waals surface area contributed by atoms with Crippen molar-refractivity contribution in [3.63, 3.8) is 0 Å². The summed E-state index contributed by atoms with van der Waals surface area (Å²) in [6, 6.07) is 6.81. The van der Waals surface area contributed by atoms with E-state index in [1.54, 1.807) is 12.1 Å². The molecule has 1 amide bonds. The van der Waals surface area contributed by atoms with Gasteiger partial charge in [0.25, 0.3) is 11.9 Å². The molecule has 0 spiro atoms. The molecule has 2 aromatic rings. The van der Waals surface area contributed by atoms with E-state index in [1.807, 2.05) is 11.9 Å². The number of primary amides is 1. The summed E-state index contributed by atoms with van der Waals surface area (Å²) < 4.78 is 10.7. The normalized spacial score (nSPS) is 15.6. The highest BCUT2D eigenvalue weighted by Gasteiger charge is 2.27. The SMILES string of the molecule is CN(c1nc2c(C(N)=O)[c]ccc2o1)C1COC1. The number of likely N-dealkylation sites (N-methyl/N-ethyl adjacent to an activating group) is 1. The lowest BCUT2D eigenvalue weighted by Gasteiger charge is -2.33. The number of fused-ring (bicyclic) bond motifs is 1. The molecule has 6 nitrogen and oxygen atoms in total. The number of hydrogen-bond acceptors (Lipinski definition) is 5. The van der Waals surface area contributed by atoms with Crippen LogP contribution in [0.2, 0.25) is 0 Å². The van der Waals surface area contributed by atoms with Gasteiger partial charge in [-0.1, -0.05) is 0 Å². The first-order valence-electron chi connectivity index (χ1n) is 5.58. The highest BCUT2D eigenvalue weighted by molar-refractivity contribution is 6.03. The molecule has 1 aromatic heterocycles. The van der Waals surface area contributed by atoms with E-state index >= 15 is 0 Å². The van der Waals surface area contributed by atoms with Gasteiger partial charge in [0.2, 0.25) is 0 Å². The number of hydrogen-bond donors (Lipinski definition) is 1. The van der Waals surface area contributed by atoms with Gasteiger partial charge in [-0.05, 0) is 18.2 Å². The highest BCUT2D eigenvalue weighted by Crippen LogP contribution is 2.25. The molecular formula is C12H12N3O3. The lowest BCUT2D eigenvalue weighted by Crippen LogP contribution is -2.47. The minimum absolute atomic E-state index is 0.251. The Kier molecular flexibility index (Phi) is 2.45. The van der Waals surface area contributed by atoms with Crippen molar-refractivity contribution < 1.29 is 13.9 Å². The molecule has 0 atom stereocenters. The van der Waals surface area contributed by atoms with E-state index in [0.717, 1.165) is 0 Å². The van der Waals surface area contributed by atoms with Gasteiger partial charge in [0.1, 0.15) is 5.52 Å². The van der Waals surface area contributed by atoms with Gasteiger partial charge >= 0.3 is 0 Å². The summed E-state index contributed by atoms with van der Waals surface area (Å²) in [4.78, 5) is 17.5. The Balaban J connectivity index is 2.04. The summed E-state index contributed by atoms with van der Waals surface area (Å²) in [6.45, 7) is 1.31. The number of carbonyl (C=O) groups excluding carboxylic acids is 1. The largest absolute Gasteiger partial charge is 0.423 e. The number of aromatic nitrogens is 1. The van der Waals surface area contributed by atoms with Crippen LogP contribution in [0, 0.1) is 6.07 Å². The average molecular weight is 246 g/mol. The fourth-order valence-corrected chi connectivity index (χ4v) is 1.82. The van der Waals surface area contributed by atoms with Gasteiger partial charge in [-0.25, -0.2) is 0 Å². The van der Waals surface area contributed by atoms with Gasteiger partial charge in [-0.15, -0.1) is 0 Å². The maximum absolute atomic E-state index is 11.3. The second kappa shape index (κ2) is 3.99. The van der Waals surface area contributed by atoms with Crippen LogP contribution < -0.4 is 10.6 Å². The maximum atomic E-state index is 11.3. The molecule has 18 heavy (non-hydrogen) atoms. The zero-order valence-corrected chi connectivity index (χ0v) is 9.84. The van der Waals surface area contributed by atoms with Gasteiger partial charge in [0, 0.05) is 7.05 Å². The molecule has 2 N–H and O–H groups in total. The number of rotatable bonds is 3. The smallest absolute Gasteiger partial charge is 0.298 e. The molecule has 0 unspecified atom stereocenters. The standard InChI is InChI=1S/C12H12N3O3/c1-15(7-5-17-6-7)12-14-10-8(11(13)16)3-2-4-9(10)18-12/h2,4,7H,5-6H2,1H3,(H2,13,16).